The Balaban J connectivity index is 1.45. The maximum atomic E-state index is 14.0. The first kappa shape index (κ1) is 28.2. The normalized spacial score (nSPS) is 19.4. The number of aromatic nitrogens is 4. The van der Waals surface area contributed by atoms with E-state index in [2.05, 4.69) is 20.7 Å². The number of halogens is 2. The molecule has 3 aromatic heterocycles. The molecule has 0 bridgehead atoms. The fourth-order valence-electron chi connectivity index (χ4n) is 5.82. The highest BCUT2D eigenvalue weighted by Crippen LogP contribution is 2.42. The number of carbonyl (C=O) groups excluding carboxylic acids is 2. The molecule has 40 heavy (non-hydrogen) atoms. The lowest BCUT2D eigenvalue weighted by atomic mass is 9.77. The van der Waals surface area contributed by atoms with E-state index >= 15 is 0 Å². The van der Waals surface area contributed by atoms with E-state index < -0.39 is 17.9 Å². The van der Waals surface area contributed by atoms with Gasteiger partial charge in [0.25, 0.3) is 5.91 Å². The number of hydrogen-bond acceptors (Lipinski definition) is 6. The molecular formula is C29H38F2N6O3. The van der Waals surface area contributed by atoms with Crippen molar-refractivity contribution in [3.8, 4) is 0 Å². The van der Waals surface area contributed by atoms with E-state index in [1.165, 1.54) is 6.39 Å². The van der Waals surface area contributed by atoms with Crippen LogP contribution in [0.2, 0.25) is 0 Å². The summed E-state index contributed by atoms with van der Waals surface area (Å²) in [6.07, 6.45) is 9.27. The molecule has 0 aliphatic heterocycles. The molecule has 0 saturated heterocycles. The lowest BCUT2D eigenvalue weighted by molar-refractivity contribution is -0.122. The average molecular weight is 557 g/mol. The molecule has 0 aromatic carbocycles. The van der Waals surface area contributed by atoms with Gasteiger partial charge in [0, 0.05) is 25.2 Å². The van der Waals surface area contributed by atoms with Gasteiger partial charge in [-0.25, -0.2) is 23.3 Å². The van der Waals surface area contributed by atoms with Gasteiger partial charge in [-0.15, -0.1) is 0 Å². The van der Waals surface area contributed by atoms with Crippen molar-refractivity contribution in [2.24, 2.45) is 11.8 Å². The quantitative estimate of drug-likeness (QED) is 0.322. The van der Waals surface area contributed by atoms with Gasteiger partial charge in [-0.2, -0.15) is 5.10 Å². The van der Waals surface area contributed by atoms with Crippen molar-refractivity contribution < 1.29 is 22.8 Å². The highest BCUT2D eigenvalue weighted by molar-refractivity contribution is 5.93. The van der Waals surface area contributed by atoms with Crippen LogP contribution in [0.5, 0.6) is 0 Å². The van der Waals surface area contributed by atoms with E-state index in [1.807, 2.05) is 26.8 Å². The molecule has 3 heterocycles. The first-order valence-corrected chi connectivity index (χ1v) is 14.4. The third-order valence-corrected chi connectivity index (χ3v) is 8.31. The number of carbonyl (C=O) groups is 2. The number of nitrogens with zero attached hydrogens (tertiary/aromatic N) is 4. The Kier molecular flexibility index (Phi) is 8.19. The van der Waals surface area contributed by atoms with Crippen molar-refractivity contribution in [1.29, 1.82) is 0 Å². The smallest absolute Gasteiger partial charge is 0.274 e. The minimum absolute atomic E-state index is 0.0220. The van der Waals surface area contributed by atoms with Crippen molar-refractivity contribution >= 4 is 17.5 Å². The van der Waals surface area contributed by atoms with Crippen LogP contribution in [-0.4, -0.2) is 37.3 Å². The predicted octanol–water partition coefficient (Wildman–Crippen LogP) is 5.89. The van der Waals surface area contributed by atoms with Crippen LogP contribution in [-0.2, 0) is 4.79 Å². The average Bonchev–Trinajstić information content (AvgIpc) is 3.53. The summed E-state index contributed by atoms with van der Waals surface area (Å²) in [5.41, 5.74) is 2.21. The Morgan fingerprint density at radius 1 is 1.12 bits per heavy atom. The van der Waals surface area contributed by atoms with E-state index in [4.69, 9.17) is 9.40 Å². The van der Waals surface area contributed by atoms with Crippen molar-refractivity contribution in [1.82, 2.24) is 30.2 Å². The number of rotatable bonds is 10. The van der Waals surface area contributed by atoms with E-state index in [0.29, 0.717) is 29.4 Å². The van der Waals surface area contributed by atoms with E-state index in [0.717, 1.165) is 31.2 Å². The lowest BCUT2D eigenvalue weighted by Crippen LogP contribution is -2.37. The molecule has 0 spiro atoms. The molecule has 3 aromatic rings. The molecule has 216 valence electrons. The van der Waals surface area contributed by atoms with Crippen LogP contribution in [0, 0.1) is 11.8 Å². The molecule has 0 radical (unpaired) electrons. The summed E-state index contributed by atoms with van der Waals surface area (Å²) >= 11 is 0. The Hall–Kier alpha value is -3.37. The number of alkyl halides is 2. The molecule has 2 saturated carbocycles. The predicted molar refractivity (Wildman–Crippen MR) is 144 cm³/mol. The third kappa shape index (κ3) is 6.02. The van der Waals surface area contributed by atoms with Gasteiger partial charge in [-0.05, 0) is 55.6 Å². The fourth-order valence-corrected chi connectivity index (χ4v) is 5.82. The van der Waals surface area contributed by atoms with Crippen LogP contribution in [0.4, 0.5) is 8.78 Å². The number of amides is 2. The van der Waals surface area contributed by atoms with Gasteiger partial charge >= 0.3 is 0 Å². The largest absolute Gasteiger partial charge is 0.447 e. The third-order valence-electron chi connectivity index (χ3n) is 8.31. The molecule has 5 rings (SSSR count). The first-order chi connectivity index (χ1) is 19.1. The molecule has 2 N–H and O–H groups in total. The van der Waals surface area contributed by atoms with Gasteiger partial charge in [0.1, 0.15) is 5.76 Å². The Labute approximate surface area is 232 Å². The monoisotopic (exact) mass is 556 g/mol. The van der Waals surface area contributed by atoms with Gasteiger partial charge in [-0.3, -0.25) is 9.59 Å². The van der Waals surface area contributed by atoms with Crippen molar-refractivity contribution in [3.63, 3.8) is 0 Å². The second-order valence-electron chi connectivity index (χ2n) is 11.6. The Bertz CT molecular complexity index is 1340. The highest BCUT2D eigenvalue weighted by atomic mass is 19.3. The number of fused-ring (bicyclic) bond motifs is 1. The summed E-state index contributed by atoms with van der Waals surface area (Å²) in [6.45, 7) is 5.79. The second-order valence-corrected chi connectivity index (χ2v) is 11.6. The molecule has 2 aliphatic carbocycles. The molecule has 2 aliphatic rings. The number of imidazole rings is 1. The summed E-state index contributed by atoms with van der Waals surface area (Å²) in [4.78, 5) is 34.7. The Morgan fingerprint density at radius 2 is 1.85 bits per heavy atom. The maximum Gasteiger partial charge on any atom is 0.274 e. The summed E-state index contributed by atoms with van der Waals surface area (Å²) in [6, 6.07) is 1.19. The zero-order valence-electron chi connectivity index (χ0n) is 23.3. The van der Waals surface area contributed by atoms with Crippen LogP contribution < -0.4 is 10.6 Å². The minimum Gasteiger partial charge on any atom is -0.447 e. The van der Waals surface area contributed by atoms with Gasteiger partial charge in [0.15, 0.2) is 17.7 Å². The van der Waals surface area contributed by atoms with Crippen molar-refractivity contribution in [2.75, 3.05) is 0 Å². The molecule has 0 unspecified atom stereocenters. The lowest BCUT2D eigenvalue weighted by Gasteiger charge is -2.34. The highest BCUT2D eigenvalue weighted by Gasteiger charge is 2.40. The SMILES string of the molecule is CCCC(=O)N[C@@H](c1cnn2cc([C@@H](NC(=O)c3ncoc3C(C)C)C3CCC(F)(F)CC3)nc2c1)C1CCC1. The summed E-state index contributed by atoms with van der Waals surface area (Å²) in [7, 11) is 0. The van der Waals surface area contributed by atoms with E-state index in [1.54, 1.807) is 16.9 Å². The molecule has 2 amide bonds. The van der Waals surface area contributed by atoms with Crippen LogP contribution >= 0.6 is 0 Å². The minimum atomic E-state index is -2.70. The number of nitrogens with one attached hydrogen (secondary N) is 2. The first-order valence-electron chi connectivity index (χ1n) is 14.4. The zero-order chi connectivity index (χ0) is 28.4. The van der Waals surface area contributed by atoms with Crippen LogP contribution in [0.15, 0.2) is 29.3 Å². The Morgan fingerprint density at radius 3 is 2.50 bits per heavy atom. The molecule has 9 nitrogen and oxygen atoms in total. The van der Waals surface area contributed by atoms with E-state index in [-0.39, 0.29) is 55.2 Å². The molecule has 2 fully saturated rings. The van der Waals surface area contributed by atoms with Crippen LogP contribution in [0.25, 0.3) is 5.65 Å². The molecular weight excluding hydrogens is 518 g/mol. The summed E-state index contributed by atoms with van der Waals surface area (Å²) < 4.78 is 35.1. The van der Waals surface area contributed by atoms with Crippen LogP contribution in [0.3, 0.4) is 0 Å². The topological polar surface area (TPSA) is 114 Å². The van der Waals surface area contributed by atoms with Gasteiger partial charge in [0.2, 0.25) is 11.8 Å². The summed E-state index contributed by atoms with van der Waals surface area (Å²) in [5.74, 6) is -2.54. The maximum absolute atomic E-state index is 14.0. The van der Waals surface area contributed by atoms with Crippen molar-refractivity contribution in [3.05, 3.63) is 47.6 Å². The molecule has 2 atom stereocenters. The standard InChI is InChI=1S/C29H38F2N6O3/c1-4-6-23(38)35-24(18-7-5-8-18)20-13-22-34-21(15-37(22)33-14-20)25(19-9-11-29(30,31)12-10-19)36-28(39)26-27(17(2)3)40-16-32-26/h13-19,24-25H,4-12H2,1-3H3,(H,35,38)(H,36,39)/t24-,25+/m1/s1. The number of hydrogen-bond donors (Lipinski definition) is 2. The van der Waals surface area contributed by atoms with Gasteiger partial charge in [-0.1, -0.05) is 27.2 Å². The second kappa shape index (κ2) is 11.6. The summed E-state index contributed by atoms with van der Waals surface area (Å²) in [5, 5.41) is 10.8. The van der Waals surface area contributed by atoms with Crippen LogP contribution in [0.1, 0.15) is 124 Å². The zero-order valence-corrected chi connectivity index (χ0v) is 23.3. The van der Waals surface area contributed by atoms with E-state index in [9.17, 15) is 18.4 Å². The van der Waals surface area contributed by atoms with Gasteiger partial charge in [0.05, 0.1) is 30.2 Å². The van der Waals surface area contributed by atoms with Crippen molar-refractivity contribution in [2.45, 2.75) is 102 Å². The molecule has 11 heteroatoms. The fraction of sp³-hybridized carbons (Fsp3) is 0.621. The van der Waals surface area contributed by atoms with Gasteiger partial charge < -0.3 is 15.1 Å². The number of oxazole rings is 1.